The van der Waals surface area contributed by atoms with E-state index in [1.807, 2.05) is 0 Å². The van der Waals surface area contributed by atoms with Crippen LogP contribution in [0.2, 0.25) is 10.0 Å². The SMILES string of the molecule is CCS(=O)(=O)c1nc2ccccn2c1S(=O)(=O)NC(=O)Nc1nc(OC)cc(OC)n1.C[C@H](OC(=O)c1cc(Oc2ccc(C(F)(F)F)cc2Cl)ccc1Cl)C(=O)O. The Kier molecular flexibility index (Phi) is 14.0. The molecule has 0 aliphatic heterocycles. The molecule has 25 heteroatoms. The van der Waals surface area contributed by atoms with E-state index in [1.54, 1.807) is 10.8 Å². The number of amides is 2. The van der Waals surface area contributed by atoms with Crippen LogP contribution in [0.25, 0.3) is 5.65 Å². The van der Waals surface area contributed by atoms with Crippen LogP contribution in [0.15, 0.2) is 76.9 Å². The summed E-state index contributed by atoms with van der Waals surface area (Å²) >= 11 is 11.7. The summed E-state index contributed by atoms with van der Waals surface area (Å²) in [5.41, 5.74) is -1.04. The minimum Gasteiger partial charge on any atom is -0.481 e. The summed E-state index contributed by atoms with van der Waals surface area (Å²) in [6, 6.07) is 10.9. The third-order valence-electron chi connectivity index (χ3n) is 7.21. The van der Waals surface area contributed by atoms with Gasteiger partial charge < -0.3 is 24.1 Å². The van der Waals surface area contributed by atoms with Crippen molar-refractivity contribution in [2.75, 3.05) is 25.3 Å². The fourth-order valence-electron chi connectivity index (χ4n) is 4.39. The van der Waals surface area contributed by atoms with E-state index < -0.39 is 65.7 Å². The van der Waals surface area contributed by atoms with Crippen molar-refractivity contribution in [2.24, 2.45) is 0 Å². The number of anilines is 1. The standard InChI is InChI=1S/C17H11Cl2F3O5.C16H18N6O7S2/c1-8(15(23)24)26-16(25)11-7-10(3-4-12(11)18)27-14-5-2-9(6-13(14)19)17(20,21)22;1-4-30(24,25)13-14(22-8-6-5-7-10(22)17-13)31(26,27)21-16(23)20-15-18-11(28-2)9-12(19-15)29-3/h2-8H,1H3,(H,23,24);5-9H,4H2,1-3H3,(H2,18,19,20,21,23)/t8-;/m0./s1. The van der Waals surface area contributed by atoms with E-state index in [2.05, 4.69) is 20.3 Å². The number of nitrogens with zero attached hydrogens (tertiary/aromatic N) is 4. The summed E-state index contributed by atoms with van der Waals surface area (Å²) in [5, 5.41) is 9.25. The number of pyridine rings is 1. The van der Waals surface area contributed by atoms with Crippen LogP contribution in [0, 0.1) is 0 Å². The molecule has 0 bridgehead atoms. The number of nitrogens with one attached hydrogen (secondary N) is 2. The summed E-state index contributed by atoms with van der Waals surface area (Å²) in [7, 11) is -6.04. The second kappa shape index (κ2) is 18.1. The number of sulfonamides is 1. The lowest BCUT2D eigenvalue weighted by atomic mass is 10.2. The lowest BCUT2D eigenvalue weighted by Gasteiger charge is -2.13. The molecular weight excluding hydrogens is 864 g/mol. The number of esters is 1. The Labute approximate surface area is 336 Å². The summed E-state index contributed by atoms with van der Waals surface area (Å²) in [5.74, 6) is -2.96. The fraction of sp³-hybridized carbons (Fsp3) is 0.212. The summed E-state index contributed by atoms with van der Waals surface area (Å²) in [6.45, 7) is 2.51. The largest absolute Gasteiger partial charge is 0.481 e. The maximum absolute atomic E-state index is 13.0. The number of halogens is 5. The highest BCUT2D eigenvalue weighted by Gasteiger charge is 2.34. The Morgan fingerprint density at radius 2 is 1.57 bits per heavy atom. The van der Waals surface area contributed by atoms with E-state index in [4.69, 9.17) is 47.3 Å². The van der Waals surface area contributed by atoms with Gasteiger partial charge in [0.05, 0.1) is 47.2 Å². The van der Waals surface area contributed by atoms with Crippen LogP contribution in [0.4, 0.5) is 23.9 Å². The summed E-state index contributed by atoms with van der Waals surface area (Å²) < 4.78 is 112. The molecule has 310 valence electrons. The molecule has 2 amide bonds. The monoisotopic (exact) mass is 892 g/mol. The number of ether oxygens (including phenoxy) is 4. The maximum atomic E-state index is 13.0. The number of aromatic nitrogens is 4. The Morgan fingerprint density at radius 3 is 2.14 bits per heavy atom. The molecule has 0 unspecified atom stereocenters. The van der Waals surface area contributed by atoms with Gasteiger partial charge in [0.2, 0.25) is 17.7 Å². The highest BCUT2D eigenvalue weighted by molar-refractivity contribution is 7.93. The van der Waals surface area contributed by atoms with Crippen molar-refractivity contribution in [3.8, 4) is 23.3 Å². The molecule has 5 rings (SSSR count). The number of hydrogen-bond acceptors (Lipinski definition) is 14. The van der Waals surface area contributed by atoms with E-state index in [9.17, 15) is 44.4 Å². The predicted molar refractivity (Wildman–Crippen MR) is 198 cm³/mol. The third-order valence-corrected chi connectivity index (χ3v) is 11.0. The van der Waals surface area contributed by atoms with Crippen LogP contribution in [0.5, 0.6) is 23.3 Å². The zero-order valence-electron chi connectivity index (χ0n) is 30.1. The molecule has 18 nitrogen and oxygen atoms in total. The molecule has 0 saturated heterocycles. The van der Waals surface area contributed by atoms with E-state index >= 15 is 0 Å². The number of urea groups is 1. The summed E-state index contributed by atoms with van der Waals surface area (Å²) in [6.07, 6.45) is -4.64. The van der Waals surface area contributed by atoms with Gasteiger partial charge in [0.15, 0.2) is 26.0 Å². The highest BCUT2D eigenvalue weighted by Crippen LogP contribution is 2.37. The number of benzene rings is 2. The topological polar surface area (TPSA) is 244 Å². The first-order valence-corrected chi connectivity index (χ1v) is 19.8. The van der Waals surface area contributed by atoms with Crippen molar-refractivity contribution in [1.82, 2.24) is 24.1 Å². The first-order valence-electron chi connectivity index (χ1n) is 15.9. The van der Waals surface area contributed by atoms with Crippen molar-refractivity contribution in [3.63, 3.8) is 0 Å². The lowest BCUT2D eigenvalue weighted by Crippen LogP contribution is -2.36. The van der Waals surface area contributed by atoms with Crippen LogP contribution >= 0.6 is 23.2 Å². The number of sulfone groups is 1. The zero-order chi connectivity index (χ0) is 43.2. The van der Waals surface area contributed by atoms with Crippen molar-refractivity contribution in [1.29, 1.82) is 0 Å². The molecule has 0 fully saturated rings. The van der Waals surface area contributed by atoms with Gasteiger partial charge >= 0.3 is 24.1 Å². The average molecular weight is 894 g/mol. The number of carbonyl (C=O) groups excluding carboxylic acids is 2. The molecule has 0 saturated carbocycles. The molecule has 5 aromatic rings. The van der Waals surface area contributed by atoms with Gasteiger partial charge in [-0.2, -0.15) is 31.6 Å². The van der Waals surface area contributed by atoms with Crippen molar-refractivity contribution >= 4 is 72.6 Å². The Morgan fingerprint density at radius 1 is 0.914 bits per heavy atom. The van der Waals surface area contributed by atoms with Crippen LogP contribution in [0.1, 0.15) is 29.8 Å². The number of imidazole rings is 1. The number of methoxy groups -OCH3 is 2. The van der Waals surface area contributed by atoms with Crippen LogP contribution in [-0.2, 0) is 35.6 Å². The molecule has 2 aromatic carbocycles. The zero-order valence-corrected chi connectivity index (χ0v) is 33.2. The van der Waals surface area contributed by atoms with Crippen molar-refractivity contribution in [3.05, 3.63) is 88.0 Å². The molecule has 0 aliphatic carbocycles. The summed E-state index contributed by atoms with van der Waals surface area (Å²) in [4.78, 5) is 46.8. The fourth-order valence-corrected chi connectivity index (χ4v) is 7.46. The smallest absolute Gasteiger partial charge is 0.416 e. The van der Waals surface area contributed by atoms with Gasteiger partial charge in [-0.25, -0.2) is 32.5 Å². The number of aliphatic carboxylic acids is 1. The maximum Gasteiger partial charge on any atom is 0.416 e. The van der Waals surface area contributed by atoms with E-state index in [1.165, 1.54) is 57.7 Å². The molecule has 3 N–H and O–H groups in total. The number of fused-ring (bicyclic) bond motifs is 1. The molecule has 0 spiro atoms. The normalized spacial score (nSPS) is 12.1. The molecule has 3 heterocycles. The van der Waals surface area contributed by atoms with Crippen LogP contribution < -0.4 is 24.2 Å². The number of alkyl halides is 3. The van der Waals surface area contributed by atoms with Gasteiger partial charge in [-0.3, -0.25) is 9.72 Å². The van der Waals surface area contributed by atoms with Gasteiger partial charge in [0.1, 0.15) is 17.1 Å². The quantitative estimate of drug-likeness (QED) is 0.124. The second-order valence-corrected chi connectivity index (χ2v) is 15.8. The first kappa shape index (κ1) is 44.8. The minimum absolute atomic E-state index is 0.0246. The average Bonchev–Trinajstić information content (AvgIpc) is 3.57. The Balaban J connectivity index is 0.000000259. The van der Waals surface area contributed by atoms with Gasteiger partial charge in [-0.05, 0) is 55.5 Å². The number of carbonyl (C=O) groups is 3. The first-order chi connectivity index (χ1) is 27.1. The Bertz CT molecular complexity index is 2570. The Hall–Kier alpha value is -5.91. The molecule has 0 aliphatic rings. The van der Waals surface area contributed by atoms with E-state index in [0.717, 1.165) is 29.5 Å². The molecule has 0 radical (unpaired) electrons. The van der Waals surface area contributed by atoms with Crippen molar-refractivity contribution < 1.29 is 68.4 Å². The number of rotatable bonds is 12. The third kappa shape index (κ3) is 10.9. The number of carboxylic acid groups (broad SMARTS) is 1. The number of carboxylic acids is 1. The van der Waals surface area contributed by atoms with Gasteiger partial charge in [0, 0.05) is 6.20 Å². The number of hydrogen-bond donors (Lipinski definition) is 3. The van der Waals surface area contributed by atoms with Crippen LogP contribution in [-0.4, -0.2) is 85.3 Å². The van der Waals surface area contributed by atoms with Gasteiger partial charge in [0.25, 0.3) is 10.0 Å². The molecule has 58 heavy (non-hydrogen) atoms. The van der Waals surface area contributed by atoms with E-state index in [0.29, 0.717) is 6.07 Å². The predicted octanol–water partition coefficient (Wildman–Crippen LogP) is 5.88. The minimum atomic E-state index is -4.68. The molecule has 3 aromatic heterocycles. The molecule has 1 atom stereocenters. The molecular formula is C33H29Cl2F3N6O12S2. The highest BCUT2D eigenvalue weighted by atomic mass is 35.5. The van der Waals surface area contributed by atoms with Crippen LogP contribution in [0.3, 0.4) is 0 Å². The van der Waals surface area contributed by atoms with Gasteiger partial charge in [-0.1, -0.05) is 36.2 Å². The second-order valence-electron chi connectivity index (χ2n) is 11.2. The van der Waals surface area contributed by atoms with Crippen molar-refractivity contribution in [2.45, 2.75) is 36.2 Å². The van der Waals surface area contributed by atoms with Gasteiger partial charge in [-0.15, -0.1) is 0 Å². The lowest BCUT2D eigenvalue weighted by molar-refractivity contribution is -0.146. The van der Waals surface area contributed by atoms with E-state index in [-0.39, 0.29) is 56.2 Å².